The van der Waals surface area contributed by atoms with Crippen molar-refractivity contribution in [1.29, 1.82) is 0 Å². The van der Waals surface area contributed by atoms with Crippen LogP contribution < -0.4 is 0 Å². The Balaban J connectivity index is 0.000000123. The number of phenolic OH excluding ortho intramolecular Hbond substituents is 4. The van der Waals surface area contributed by atoms with Crippen LogP contribution in [0.15, 0.2) is 218 Å². The van der Waals surface area contributed by atoms with Gasteiger partial charge in [0.1, 0.15) is 23.0 Å². The first-order valence-electron chi connectivity index (χ1n) is 20.0. The fourth-order valence-electron chi connectivity index (χ4n) is 7.66. The fraction of sp³-hybridized carbons (Fsp3) is 0. The second kappa shape index (κ2) is 18.2. The molecule has 6 heteroatoms. The third-order valence-corrected chi connectivity index (χ3v) is 10.6. The molecule has 0 aromatic heterocycles. The lowest BCUT2D eigenvalue weighted by Gasteiger charge is -2.14. The van der Waals surface area contributed by atoms with E-state index in [9.17, 15) is 30.0 Å². The van der Waals surface area contributed by atoms with Crippen LogP contribution in [0.5, 0.6) is 23.0 Å². The first-order valence-corrected chi connectivity index (χ1v) is 20.0. The van der Waals surface area contributed by atoms with Crippen LogP contribution in [-0.2, 0) is 9.59 Å². The minimum absolute atomic E-state index is 0.121. The number of phenols is 4. The number of fused-ring (bicyclic) bond motifs is 5. The lowest BCUT2D eigenvalue weighted by Crippen LogP contribution is -1.97. The van der Waals surface area contributed by atoms with Crippen LogP contribution in [-0.4, -0.2) is 32.0 Å². The summed E-state index contributed by atoms with van der Waals surface area (Å²) in [6, 6.07) is 62.4. The minimum Gasteiger partial charge on any atom is -0.507 e. The number of benzene rings is 10. The molecule has 0 bridgehead atoms. The molecule has 1 aliphatic rings. The highest BCUT2D eigenvalue weighted by molar-refractivity contribution is 6.14. The highest BCUT2D eigenvalue weighted by Gasteiger charge is 2.17. The minimum atomic E-state index is -0.121. The molecule has 10 aromatic rings. The number of hydrogen-bond donors (Lipinski definition) is 4. The Morgan fingerprint density at radius 3 is 0.645 bits per heavy atom. The summed E-state index contributed by atoms with van der Waals surface area (Å²) >= 11 is 0. The first kappa shape index (κ1) is 40.3. The third kappa shape index (κ3) is 8.62. The van der Waals surface area contributed by atoms with Crippen LogP contribution in [0, 0.1) is 0 Å². The molecule has 0 atom stereocenters. The molecule has 0 saturated heterocycles. The molecule has 6 nitrogen and oxygen atoms in total. The smallest absolute Gasteiger partial charge is 0.178 e. The number of hydrogen-bond acceptors (Lipinski definition) is 6. The number of allylic oxidation sites excluding steroid dienone is 4. The average molecular weight is 809 g/mol. The largest absolute Gasteiger partial charge is 0.507 e. The van der Waals surface area contributed by atoms with Crippen LogP contribution in [0.3, 0.4) is 0 Å². The summed E-state index contributed by atoms with van der Waals surface area (Å²) in [5, 5.41) is 52.2. The third-order valence-electron chi connectivity index (χ3n) is 10.6. The van der Waals surface area contributed by atoms with Crippen molar-refractivity contribution in [3.8, 4) is 45.3 Å². The van der Waals surface area contributed by atoms with E-state index in [4.69, 9.17) is 0 Å². The summed E-state index contributed by atoms with van der Waals surface area (Å²) < 4.78 is 0. The van der Waals surface area contributed by atoms with Crippen LogP contribution in [0.4, 0.5) is 0 Å². The van der Waals surface area contributed by atoms with Gasteiger partial charge in [-0.15, -0.1) is 0 Å². The summed E-state index contributed by atoms with van der Waals surface area (Å²) in [5.41, 5.74) is 2.69. The summed E-state index contributed by atoms with van der Waals surface area (Å²) in [4.78, 5) is 20.6. The van der Waals surface area contributed by atoms with Gasteiger partial charge < -0.3 is 20.4 Å². The molecule has 4 N–H and O–H groups in total. The Bertz CT molecular complexity index is 2910. The Morgan fingerprint density at radius 1 is 0.226 bits per heavy atom. The van der Waals surface area contributed by atoms with Crippen LogP contribution in [0.25, 0.3) is 76.1 Å². The van der Waals surface area contributed by atoms with Crippen molar-refractivity contribution in [3.63, 3.8) is 0 Å². The van der Waals surface area contributed by atoms with Gasteiger partial charge in [-0.25, -0.2) is 0 Å². The average Bonchev–Trinajstić information content (AvgIpc) is 3.31. The van der Waals surface area contributed by atoms with E-state index < -0.39 is 0 Å². The number of carbonyl (C=O) groups excluding carboxylic acids is 2. The van der Waals surface area contributed by atoms with E-state index in [1.165, 1.54) is 35.1 Å². The lowest BCUT2D eigenvalue weighted by molar-refractivity contribution is -0.113. The quantitative estimate of drug-likeness (QED) is 0.129. The van der Waals surface area contributed by atoms with E-state index in [-0.39, 0.29) is 34.6 Å². The predicted molar refractivity (Wildman–Crippen MR) is 253 cm³/mol. The normalized spacial score (nSPS) is 11.7. The first-order chi connectivity index (χ1) is 30.3. The van der Waals surface area contributed by atoms with Gasteiger partial charge in [-0.05, 0) is 102 Å². The molecular formula is C56H40O6. The van der Waals surface area contributed by atoms with Gasteiger partial charge in [0, 0.05) is 22.3 Å². The van der Waals surface area contributed by atoms with Gasteiger partial charge in [-0.3, -0.25) is 9.59 Å². The predicted octanol–water partition coefficient (Wildman–Crippen LogP) is 13.2. The molecule has 0 unspecified atom stereocenters. The molecule has 0 heterocycles. The number of aromatic hydroxyl groups is 4. The number of carbonyl (C=O) groups is 2. The van der Waals surface area contributed by atoms with Crippen molar-refractivity contribution in [2.75, 3.05) is 0 Å². The maximum absolute atomic E-state index is 10.4. The Hall–Kier alpha value is -8.48. The molecule has 0 saturated carbocycles. The zero-order chi connectivity index (χ0) is 43.0. The van der Waals surface area contributed by atoms with Gasteiger partial charge in [0.15, 0.2) is 11.6 Å². The summed E-state index contributed by atoms with van der Waals surface area (Å²) in [6.07, 6.45) is 5.01. The van der Waals surface area contributed by atoms with Gasteiger partial charge in [-0.2, -0.15) is 0 Å². The molecule has 11 rings (SSSR count). The molecule has 0 aliphatic heterocycles. The Morgan fingerprint density at radius 2 is 0.419 bits per heavy atom. The summed E-state index contributed by atoms with van der Waals surface area (Å²) in [6.45, 7) is 0. The van der Waals surface area contributed by atoms with E-state index in [2.05, 4.69) is 48.5 Å². The second-order valence-corrected chi connectivity index (χ2v) is 14.5. The van der Waals surface area contributed by atoms with Crippen molar-refractivity contribution >= 4 is 65.4 Å². The Labute approximate surface area is 357 Å². The maximum Gasteiger partial charge on any atom is 0.178 e. The van der Waals surface area contributed by atoms with Gasteiger partial charge >= 0.3 is 0 Å². The molecule has 0 spiro atoms. The standard InChI is InChI=1S/2C20H14O2.C10H8.C6H4O2/c2*21-17-11-9-13-5-1-3-7-15(13)19(17)20-16-8-4-2-6-14(16)10-12-18(20)22;1-2-6-10-8-4-3-7-9(10)5-1;7-5-1-2-6(8)4-3-5/h2*1-12,21-22H;1-8H;1-4H. The van der Waals surface area contributed by atoms with Crippen LogP contribution >= 0.6 is 0 Å². The molecule has 10 aromatic carbocycles. The van der Waals surface area contributed by atoms with E-state index in [0.29, 0.717) is 22.3 Å². The summed E-state index contributed by atoms with van der Waals surface area (Å²) in [5.74, 6) is 0.445. The van der Waals surface area contributed by atoms with Crippen molar-refractivity contribution in [2.24, 2.45) is 0 Å². The second-order valence-electron chi connectivity index (χ2n) is 14.5. The van der Waals surface area contributed by atoms with Gasteiger partial charge in [0.2, 0.25) is 0 Å². The van der Waals surface area contributed by atoms with Crippen molar-refractivity contribution < 1.29 is 30.0 Å². The molecule has 300 valence electrons. The highest BCUT2D eigenvalue weighted by atomic mass is 16.3. The molecule has 0 amide bonds. The highest BCUT2D eigenvalue weighted by Crippen LogP contribution is 2.45. The monoisotopic (exact) mass is 808 g/mol. The molecular weight excluding hydrogens is 769 g/mol. The van der Waals surface area contributed by atoms with E-state index >= 15 is 0 Å². The van der Waals surface area contributed by atoms with Crippen molar-refractivity contribution in [1.82, 2.24) is 0 Å². The SMILES string of the molecule is O=C1C=CC(=O)C=C1.Oc1ccc2ccccc2c1-c1c(O)ccc2ccccc12.Oc1ccc2ccccc2c1-c1c(O)ccc2ccccc12.c1ccc2ccccc2c1. The van der Waals surface area contributed by atoms with Crippen LogP contribution in [0.2, 0.25) is 0 Å². The number of rotatable bonds is 2. The van der Waals surface area contributed by atoms with E-state index in [1.54, 1.807) is 24.3 Å². The fourth-order valence-corrected chi connectivity index (χ4v) is 7.66. The summed E-state index contributed by atoms with van der Waals surface area (Å²) in [7, 11) is 0. The van der Waals surface area contributed by atoms with Crippen molar-refractivity contribution in [2.45, 2.75) is 0 Å². The molecule has 0 radical (unpaired) electrons. The van der Waals surface area contributed by atoms with Gasteiger partial charge in [0.05, 0.1) is 0 Å². The van der Waals surface area contributed by atoms with Crippen LogP contribution in [0.1, 0.15) is 0 Å². The van der Waals surface area contributed by atoms with Gasteiger partial charge in [0.25, 0.3) is 0 Å². The molecule has 62 heavy (non-hydrogen) atoms. The van der Waals surface area contributed by atoms with Crippen molar-refractivity contribution in [3.05, 3.63) is 218 Å². The molecule has 0 fully saturated rings. The zero-order valence-electron chi connectivity index (χ0n) is 33.4. The maximum atomic E-state index is 10.4. The van der Waals surface area contributed by atoms with Gasteiger partial charge in [-0.1, -0.05) is 170 Å². The van der Waals surface area contributed by atoms with E-state index in [1.807, 2.05) is 121 Å². The topological polar surface area (TPSA) is 115 Å². The number of ketones is 2. The lowest BCUT2D eigenvalue weighted by atomic mass is 9.92. The molecule has 1 aliphatic carbocycles. The van der Waals surface area contributed by atoms with E-state index in [0.717, 1.165) is 43.1 Å². The Kier molecular flexibility index (Phi) is 11.8. The zero-order valence-corrected chi connectivity index (χ0v) is 33.4.